The predicted octanol–water partition coefficient (Wildman–Crippen LogP) is 2.61. The Balaban J connectivity index is 1.96. The zero-order chi connectivity index (χ0) is 13.8. The van der Waals surface area contributed by atoms with Crippen LogP contribution >= 0.6 is 11.6 Å². The van der Waals surface area contributed by atoms with Gasteiger partial charge in [-0.3, -0.25) is 4.90 Å². The van der Waals surface area contributed by atoms with Gasteiger partial charge in [0.25, 0.3) is 0 Å². The molecule has 1 heterocycles. The summed E-state index contributed by atoms with van der Waals surface area (Å²) < 4.78 is 0. The molecule has 106 valence electrons. The Morgan fingerprint density at radius 2 is 1.89 bits per heavy atom. The molecule has 0 spiro atoms. The van der Waals surface area contributed by atoms with Gasteiger partial charge in [0.1, 0.15) is 0 Å². The van der Waals surface area contributed by atoms with E-state index < -0.39 is 0 Å². The van der Waals surface area contributed by atoms with E-state index in [0.29, 0.717) is 5.02 Å². The van der Waals surface area contributed by atoms with Crippen molar-refractivity contribution >= 4 is 17.3 Å². The fourth-order valence-electron chi connectivity index (χ4n) is 2.57. The van der Waals surface area contributed by atoms with Gasteiger partial charge in [-0.15, -0.1) is 0 Å². The Morgan fingerprint density at radius 1 is 1.21 bits per heavy atom. The lowest BCUT2D eigenvalue weighted by Crippen LogP contribution is -2.47. The topological polar surface area (TPSA) is 26.7 Å². The molecule has 0 radical (unpaired) electrons. The van der Waals surface area contributed by atoms with Crippen LogP contribution in [0.4, 0.5) is 5.69 Å². The molecule has 3 nitrogen and oxygen atoms in total. The number of benzene rings is 1. The van der Waals surface area contributed by atoms with E-state index in [9.17, 15) is 0 Å². The first-order valence-corrected chi connectivity index (χ1v) is 7.34. The highest BCUT2D eigenvalue weighted by Crippen LogP contribution is 2.24. The standard InChI is InChI=1S/C15H23ClN2O/c1-12(2)10-17-5-7-18(8-6-17)14-4-3-13(11-19)15(16)9-14/h3-4,9,12,19H,5-8,10-11H2,1-2H3. The Kier molecular flexibility index (Phi) is 5.08. The molecule has 0 atom stereocenters. The molecule has 1 aliphatic rings. The van der Waals surface area contributed by atoms with Crippen molar-refractivity contribution in [3.63, 3.8) is 0 Å². The zero-order valence-electron chi connectivity index (χ0n) is 11.8. The Bertz CT molecular complexity index is 415. The van der Waals surface area contributed by atoms with Gasteiger partial charge in [-0.25, -0.2) is 0 Å². The van der Waals surface area contributed by atoms with Crippen molar-refractivity contribution in [1.29, 1.82) is 0 Å². The molecule has 0 aromatic heterocycles. The van der Waals surface area contributed by atoms with E-state index in [1.165, 1.54) is 6.54 Å². The van der Waals surface area contributed by atoms with Gasteiger partial charge in [0.15, 0.2) is 0 Å². The molecule has 19 heavy (non-hydrogen) atoms. The van der Waals surface area contributed by atoms with E-state index in [0.717, 1.165) is 43.3 Å². The highest BCUT2D eigenvalue weighted by Gasteiger charge is 2.18. The Hall–Kier alpha value is -0.770. The third-order valence-corrected chi connectivity index (χ3v) is 3.92. The molecular weight excluding hydrogens is 260 g/mol. The normalized spacial score (nSPS) is 17.2. The molecule has 0 amide bonds. The average Bonchev–Trinajstić information content (AvgIpc) is 2.39. The van der Waals surface area contributed by atoms with Gasteiger partial charge in [0, 0.05) is 43.4 Å². The largest absolute Gasteiger partial charge is 0.392 e. The average molecular weight is 283 g/mol. The van der Waals surface area contributed by atoms with Crippen LogP contribution in [0.2, 0.25) is 5.02 Å². The molecule has 1 saturated heterocycles. The minimum Gasteiger partial charge on any atom is -0.392 e. The zero-order valence-corrected chi connectivity index (χ0v) is 12.5. The second-order valence-electron chi connectivity index (χ2n) is 5.62. The second-order valence-corrected chi connectivity index (χ2v) is 6.02. The molecule has 1 aliphatic heterocycles. The number of piperazine rings is 1. The quantitative estimate of drug-likeness (QED) is 0.920. The van der Waals surface area contributed by atoms with E-state index in [-0.39, 0.29) is 6.61 Å². The molecular formula is C15H23ClN2O. The fraction of sp³-hybridized carbons (Fsp3) is 0.600. The second kappa shape index (κ2) is 6.60. The van der Waals surface area contributed by atoms with Crippen molar-refractivity contribution in [3.05, 3.63) is 28.8 Å². The maximum atomic E-state index is 9.13. The maximum Gasteiger partial charge on any atom is 0.0696 e. The summed E-state index contributed by atoms with van der Waals surface area (Å²) in [6, 6.07) is 5.93. The Morgan fingerprint density at radius 3 is 2.42 bits per heavy atom. The molecule has 2 rings (SSSR count). The first kappa shape index (κ1) is 14.6. The summed E-state index contributed by atoms with van der Waals surface area (Å²) in [5.74, 6) is 0.727. The number of anilines is 1. The lowest BCUT2D eigenvalue weighted by molar-refractivity contribution is 0.231. The van der Waals surface area contributed by atoms with Gasteiger partial charge in [0.05, 0.1) is 6.61 Å². The van der Waals surface area contributed by atoms with Crippen LogP contribution in [0.3, 0.4) is 0 Å². The van der Waals surface area contributed by atoms with E-state index in [4.69, 9.17) is 16.7 Å². The molecule has 4 heteroatoms. The number of hydrogen-bond donors (Lipinski definition) is 1. The smallest absolute Gasteiger partial charge is 0.0696 e. The summed E-state index contributed by atoms with van der Waals surface area (Å²) in [6.07, 6.45) is 0. The van der Waals surface area contributed by atoms with Crippen LogP contribution < -0.4 is 4.90 Å². The molecule has 1 N–H and O–H groups in total. The molecule has 1 fully saturated rings. The minimum absolute atomic E-state index is 0.00127. The first-order valence-electron chi connectivity index (χ1n) is 6.96. The van der Waals surface area contributed by atoms with Crippen molar-refractivity contribution in [2.24, 2.45) is 5.92 Å². The van der Waals surface area contributed by atoms with Gasteiger partial charge in [-0.05, 0) is 23.6 Å². The lowest BCUT2D eigenvalue weighted by Gasteiger charge is -2.37. The SMILES string of the molecule is CC(C)CN1CCN(c2ccc(CO)c(Cl)c2)CC1. The van der Waals surface area contributed by atoms with Crippen molar-refractivity contribution in [3.8, 4) is 0 Å². The third kappa shape index (κ3) is 3.85. The van der Waals surface area contributed by atoms with E-state index in [1.54, 1.807) is 0 Å². The van der Waals surface area contributed by atoms with Crippen LogP contribution in [0.25, 0.3) is 0 Å². The van der Waals surface area contributed by atoms with Gasteiger partial charge < -0.3 is 10.0 Å². The summed E-state index contributed by atoms with van der Waals surface area (Å²) in [7, 11) is 0. The first-order chi connectivity index (χ1) is 9.10. The highest BCUT2D eigenvalue weighted by molar-refractivity contribution is 6.31. The number of aliphatic hydroxyl groups excluding tert-OH is 1. The van der Waals surface area contributed by atoms with Crippen molar-refractivity contribution in [1.82, 2.24) is 4.90 Å². The predicted molar refractivity (Wildman–Crippen MR) is 80.9 cm³/mol. The van der Waals surface area contributed by atoms with Gasteiger partial charge in [0.2, 0.25) is 0 Å². The summed E-state index contributed by atoms with van der Waals surface area (Å²) >= 11 is 6.15. The summed E-state index contributed by atoms with van der Waals surface area (Å²) in [4.78, 5) is 4.88. The number of nitrogens with zero attached hydrogens (tertiary/aromatic N) is 2. The van der Waals surface area contributed by atoms with Crippen molar-refractivity contribution < 1.29 is 5.11 Å². The van der Waals surface area contributed by atoms with Crippen LogP contribution in [0.1, 0.15) is 19.4 Å². The highest BCUT2D eigenvalue weighted by atomic mass is 35.5. The maximum absolute atomic E-state index is 9.13. The fourth-order valence-corrected chi connectivity index (χ4v) is 2.80. The van der Waals surface area contributed by atoms with Gasteiger partial charge >= 0.3 is 0 Å². The number of halogens is 1. The number of hydrogen-bond acceptors (Lipinski definition) is 3. The molecule has 1 aromatic rings. The van der Waals surface area contributed by atoms with Gasteiger partial charge in [-0.1, -0.05) is 31.5 Å². The molecule has 0 saturated carbocycles. The van der Waals surface area contributed by atoms with E-state index >= 15 is 0 Å². The van der Waals surface area contributed by atoms with Crippen LogP contribution in [0.15, 0.2) is 18.2 Å². The van der Waals surface area contributed by atoms with E-state index in [2.05, 4.69) is 29.7 Å². The summed E-state index contributed by atoms with van der Waals surface area (Å²) in [5, 5.41) is 9.79. The monoisotopic (exact) mass is 282 g/mol. The summed E-state index contributed by atoms with van der Waals surface area (Å²) in [6.45, 7) is 10.0. The van der Waals surface area contributed by atoms with Crippen LogP contribution in [0.5, 0.6) is 0 Å². The van der Waals surface area contributed by atoms with Crippen molar-refractivity contribution in [2.45, 2.75) is 20.5 Å². The number of aliphatic hydroxyl groups is 1. The van der Waals surface area contributed by atoms with Crippen LogP contribution in [0, 0.1) is 5.92 Å². The Labute approximate surface area is 120 Å². The van der Waals surface area contributed by atoms with Crippen LogP contribution in [-0.4, -0.2) is 42.7 Å². The number of rotatable bonds is 4. The minimum atomic E-state index is 0.00127. The van der Waals surface area contributed by atoms with Gasteiger partial charge in [-0.2, -0.15) is 0 Å². The van der Waals surface area contributed by atoms with Crippen molar-refractivity contribution in [2.75, 3.05) is 37.6 Å². The summed E-state index contributed by atoms with van der Waals surface area (Å²) in [5.41, 5.74) is 1.95. The van der Waals surface area contributed by atoms with E-state index in [1.807, 2.05) is 12.1 Å². The lowest BCUT2D eigenvalue weighted by atomic mass is 10.1. The molecule has 1 aromatic carbocycles. The molecule has 0 unspecified atom stereocenters. The molecule has 0 bridgehead atoms. The third-order valence-electron chi connectivity index (χ3n) is 3.57. The van der Waals surface area contributed by atoms with Crippen LogP contribution in [-0.2, 0) is 6.61 Å². The molecule has 0 aliphatic carbocycles.